The highest BCUT2D eigenvalue weighted by Crippen LogP contribution is 2.29. The maximum atomic E-state index is 14.0. The van der Waals surface area contributed by atoms with Gasteiger partial charge in [-0.3, -0.25) is 10.1 Å². The van der Waals surface area contributed by atoms with Crippen LogP contribution >= 0.6 is 11.3 Å². The highest BCUT2D eigenvalue weighted by molar-refractivity contribution is 7.09. The predicted molar refractivity (Wildman–Crippen MR) is 76.4 cm³/mol. The topological polar surface area (TPSA) is 83.7 Å². The van der Waals surface area contributed by atoms with Crippen LogP contribution in [0.15, 0.2) is 29.6 Å². The Labute approximate surface area is 123 Å². The standard InChI is InChI=1S/C13H11FN2O4S/c1-15(7-8-3-2-4-21-8)12-5-9(13(17)18)11(16(19)20)6-10(12)14/h2-6H,7H2,1H3,(H,17,18). The van der Waals surface area contributed by atoms with Crippen LogP contribution in [0.25, 0.3) is 0 Å². The second kappa shape index (κ2) is 5.88. The van der Waals surface area contributed by atoms with Crippen LogP contribution in [0.5, 0.6) is 0 Å². The summed E-state index contributed by atoms with van der Waals surface area (Å²) in [5, 5.41) is 21.7. The van der Waals surface area contributed by atoms with Gasteiger partial charge in [-0.2, -0.15) is 0 Å². The minimum absolute atomic E-state index is 0.00593. The molecule has 1 N–H and O–H groups in total. The van der Waals surface area contributed by atoms with Crippen LogP contribution in [-0.2, 0) is 6.54 Å². The summed E-state index contributed by atoms with van der Waals surface area (Å²) in [6.45, 7) is 0.380. The number of nitro groups is 1. The summed E-state index contributed by atoms with van der Waals surface area (Å²) in [4.78, 5) is 23.4. The van der Waals surface area contributed by atoms with Gasteiger partial charge in [0.05, 0.1) is 23.2 Å². The second-order valence-electron chi connectivity index (χ2n) is 4.32. The summed E-state index contributed by atoms with van der Waals surface area (Å²) in [6.07, 6.45) is 0. The fraction of sp³-hybridized carbons (Fsp3) is 0.154. The van der Waals surface area contributed by atoms with Crippen molar-refractivity contribution in [3.8, 4) is 0 Å². The number of hydrogen-bond donors (Lipinski definition) is 1. The van der Waals surface area contributed by atoms with Gasteiger partial charge in [0.15, 0.2) is 5.82 Å². The van der Waals surface area contributed by atoms with Crippen molar-refractivity contribution in [1.29, 1.82) is 0 Å². The Bertz CT molecular complexity index is 688. The number of halogens is 1. The molecule has 0 saturated carbocycles. The fourth-order valence-electron chi connectivity index (χ4n) is 1.89. The number of benzene rings is 1. The molecule has 0 fully saturated rings. The first-order valence-electron chi connectivity index (χ1n) is 5.85. The van der Waals surface area contributed by atoms with Gasteiger partial charge in [-0.1, -0.05) is 6.07 Å². The van der Waals surface area contributed by atoms with Gasteiger partial charge in [0.1, 0.15) is 5.56 Å². The zero-order chi connectivity index (χ0) is 15.6. The first-order chi connectivity index (χ1) is 9.90. The molecule has 0 unspecified atom stereocenters. The van der Waals surface area contributed by atoms with Gasteiger partial charge in [0.25, 0.3) is 5.69 Å². The molecule has 6 nitrogen and oxygen atoms in total. The third-order valence-corrected chi connectivity index (χ3v) is 3.74. The van der Waals surface area contributed by atoms with Crippen molar-refractivity contribution in [3.05, 3.63) is 56.0 Å². The van der Waals surface area contributed by atoms with E-state index in [0.717, 1.165) is 10.9 Å². The fourth-order valence-corrected chi connectivity index (χ4v) is 2.64. The number of aromatic carboxylic acids is 1. The molecule has 0 spiro atoms. The van der Waals surface area contributed by atoms with Crippen molar-refractivity contribution < 1.29 is 19.2 Å². The molecule has 0 aliphatic heterocycles. The Kier molecular flexibility index (Phi) is 4.18. The molecule has 0 saturated heterocycles. The number of rotatable bonds is 5. The molecule has 0 bridgehead atoms. The van der Waals surface area contributed by atoms with E-state index in [1.54, 1.807) is 7.05 Å². The monoisotopic (exact) mass is 310 g/mol. The first kappa shape index (κ1) is 14.9. The van der Waals surface area contributed by atoms with E-state index in [1.165, 1.54) is 16.2 Å². The van der Waals surface area contributed by atoms with Gasteiger partial charge in [0.2, 0.25) is 0 Å². The number of anilines is 1. The lowest BCUT2D eigenvalue weighted by molar-refractivity contribution is -0.385. The zero-order valence-corrected chi connectivity index (χ0v) is 11.8. The van der Waals surface area contributed by atoms with Gasteiger partial charge < -0.3 is 10.0 Å². The van der Waals surface area contributed by atoms with Crippen molar-refractivity contribution in [2.45, 2.75) is 6.54 Å². The molecule has 110 valence electrons. The molecule has 2 aromatic rings. The van der Waals surface area contributed by atoms with Gasteiger partial charge >= 0.3 is 5.97 Å². The summed E-state index contributed by atoms with van der Waals surface area (Å²) in [5.74, 6) is -2.29. The Morgan fingerprint density at radius 3 is 2.76 bits per heavy atom. The minimum atomic E-state index is -1.47. The van der Waals surface area contributed by atoms with Crippen molar-refractivity contribution in [3.63, 3.8) is 0 Å². The second-order valence-corrected chi connectivity index (χ2v) is 5.35. The van der Waals surface area contributed by atoms with Crippen LogP contribution < -0.4 is 4.90 Å². The molecular weight excluding hydrogens is 299 g/mol. The molecule has 2 rings (SSSR count). The third-order valence-electron chi connectivity index (χ3n) is 2.88. The third kappa shape index (κ3) is 3.16. The summed E-state index contributed by atoms with van der Waals surface area (Å²) in [7, 11) is 1.59. The van der Waals surface area contributed by atoms with Gasteiger partial charge in [-0.15, -0.1) is 11.3 Å². The van der Waals surface area contributed by atoms with Gasteiger partial charge in [-0.05, 0) is 17.5 Å². The first-order valence-corrected chi connectivity index (χ1v) is 6.73. The van der Waals surface area contributed by atoms with Crippen molar-refractivity contribution >= 4 is 28.7 Å². The molecule has 1 aromatic heterocycles. The molecule has 0 radical (unpaired) electrons. The summed E-state index contributed by atoms with van der Waals surface area (Å²) in [6, 6.07) is 5.35. The lowest BCUT2D eigenvalue weighted by Crippen LogP contribution is -2.18. The molecule has 0 atom stereocenters. The van der Waals surface area contributed by atoms with E-state index in [4.69, 9.17) is 5.11 Å². The zero-order valence-electron chi connectivity index (χ0n) is 10.9. The SMILES string of the molecule is CN(Cc1cccs1)c1cc(C(=O)O)c([N+](=O)[O-])cc1F. The molecule has 1 heterocycles. The maximum absolute atomic E-state index is 14.0. The molecule has 21 heavy (non-hydrogen) atoms. The number of carbonyl (C=O) groups is 1. The largest absolute Gasteiger partial charge is 0.477 e. The molecule has 0 aliphatic rings. The van der Waals surface area contributed by atoms with Crippen LogP contribution in [-0.4, -0.2) is 23.0 Å². The Morgan fingerprint density at radius 1 is 1.52 bits per heavy atom. The highest BCUT2D eigenvalue weighted by atomic mass is 32.1. The van der Waals surface area contributed by atoms with Crippen LogP contribution in [0.4, 0.5) is 15.8 Å². The normalized spacial score (nSPS) is 10.4. The molecule has 1 aromatic carbocycles. The van der Waals surface area contributed by atoms with E-state index in [1.807, 2.05) is 17.5 Å². The Hall–Kier alpha value is -2.48. The number of nitro benzene ring substituents is 1. The molecular formula is C13H11FN2O4S. The van der Waals surface area contributed by atoms with E-state index in [-0.39, 0.29) is 5.69 Å². The lowest BCUT2D eigenvalue weighted by atomic mass is 10.1. The van der Waals surface area contributed by atoms with Gasteiger partial charge in [0, 0.05) is 11.9 Å². The van der Waals surface area contributed by atoms with Crippen molar-refractivity contribution in [2.24, 2.45) is 0 Å². The Morgan fingerprint density at radius 2 is 2.24 bits per heavy atom. The van der Waals surface area contributed by atoms with Crippen molar-refractivity contribution in [2.75, 3.05) is 11.9 Å². The van der Waals surface area contributed by atoms with E-state index >= 15 is 0 Å². The van der Waals surface area contributed by atoms with E-state index < -0.39 is 28.0 Å². The highest BCUT2D eigenvalue weighted by Gasteiger charge is 2.24. The number of hydrogen-bond acceptors (Lipinski definition) is 5. The van der Waals surface area contributed by atoms with E-state index in [0.29, 0.717) is 12.6 Å². The van der Waals surface area contributed by atoms with Crippen LogP contribution in [0.2, 0.25) is 0 Å². The van der Waals surface area contributed by atoms with Crippen LogP contribution in [0.3, 0.4) is 0 Å². The maximum Gasteiger partial charge on any atom is 0.342 e. The van der Waals surface area contributed by atoms with E-state index in [9.17, 15) is 19.3 Å². The predicted octanol–water partition coefficient (Wildman–Crippen LogP) is 3.13. The quantitative estimate of drug-likeness (QED) is 0.677. The number of carboxylic acid groups (broad SMARTS) is 1. The number of carboxylic acids is 1. The smallest absolute Gasteiger partial charge is 0.342 e. The van der Waals surface area contributed by atoms with Crippen LogP contribution in [0.1, 0.15) is 15.2 Å². The average Bonchev–Trinajstić information content (AvgIpc) is 2.90. The summed E-state index contributed by atoms with van der Waals surface area (Å²) in [5.41, 5.74) is -1.28. The van der Waals surface area contributed by atoms with Crippen LogP contribution in [0, 0.1) is 15.9 Å². The molecule has 8 heteroatoms. The molecule has 0 amide bonds. The summed E-state index contributed by atoms with van der Waals surface area (Å²) < 4.78 is 14.0. The van der Waals surface area contributed by atoms with Crippen molar-refractivity contribution in [1.82, 2.24) is 0 Å². The lowest BCUT2D eigenvalue weighted by Gasteiger charge is -2.19. The number of nitrogens with zero attached hydrogens (tertiary/aromatic N) is 2. The van der Waals surface area contributed by atoms with E-state index in [2.05, 4.69) is 0 Å². The average molecular weight is 310 g/mol. The minimum Gasteiger partial charge on any atom is -0.477 e. The van der Waals surface area contributed by atoms with Gasteiger partial charge in [-0.25, -0.2) is 9.18 Å². The Balaban J connectivity index is 2.41. The molecule has 0 aliphatic carbocycles. The summed E-state index contributed by atoms with van der Waals surface area (Å²) >= 11 is 1.48. The number of thiophene rings is 1.